The number of carboxylic acids is 1. The van der Waals surface area contributed by atoms with Crippen LogP contribution in [-0.2, 0) is 9.59 Å². The fraction of sp³-hybridized carbons (Fsp3) is 0.462. The molecule has 5 heteroatoms. The van der Waals surface area contributed by atoms with Crippen molar-refractivity contribution in [3.05, 3.63) is 65.8 Å². The normalized spacial score (nSPS) is 9.71. The molecule has 0 aliphatic heterocycles. The van der Waals surface area contributed by atoms with E-state index in [1.54, 1.807) is 18.2 Å². The Kier molecular flexibility index (Phi) is 36.6. The number of aryl methyl sites for hydroxylation is 1. The van der Waals surface area contributed by atoms with Gasteiger partial charge in [-0.1, -0.05) is 96.2 Å². The van der Waals surface area contributed by atoms with Gasteiger partial charge in [-0.05, 0) is 44.1 Å². The van der Waals surface area contributed by atoms with Crippen LogP contribution in [0.15, 0.2) is 60.2 Å². The molecule has 0 aliphatic rings. The summed E-state index contributed by atoms with van der Waals surface area (Å²) in [5.74, 6) is -0.581. The van der Waals surface area contributed by atoms with Crippen molar-refractivity contribution in [2.24, 2.45) is 0 Å². The van der Waals surface area contributed by atoms with E-state index >= 15 is 0 Å². The second-order valence-corrected chi connectivity index (χ2v) is 5.96. The number of hydrogen-bond donors (Lipinski definition) is 3. The van der Waals surface area contributed by atoms with Gasteiger partial charge in [0.15, 0.2) is 0 Å². The zero-order chi connectivity index (χ0) is 24.9. The predicted octanol–water partition coefficient (Wildman–Crippen LogP) is 7.55. The number of phenols is 1. The molecule has 0 bridgehead atoms. The SMILES string of the molecule is CC.CCCCC.C\C=C/C(/C=C/C(=O)O)=C\CCC.Cc1ccc(O)cc1.O=CO. The quantitative estimate of drug-likeness (QED) is 0.233. The number of hydrogen-bond acceptors (Lipinski definition) is 3. The van der Waals surface area contributed by atoms with Crippen molar-refractivity contribution in [2.75, 3.05) is 0 Å². The molecular weight excluding hydrogens is 392 g/mol. The monoisotopic (exact) mass is 436 g/mol. The number of benzene rings is 1. The molecule has 178 valence electrons. The first kappa shape index (κ1) is 35.6. The highest BCUT2D eigenvalue weighted by molar-refractivity contribution is 5.80. The van der Waals surface area contributed by atoms with Gasteiger partial charge in [-0.3, -0.25) is 4.79 Å². The lowest BCUT2D eigenvalue weighted by Crippen LogP contribution is -1.86. The van der Waals surface area contributed by atoms with Crippen LogP contribution < -0.4 is 0 Å². The van der Waals surface area contributed by atoms with E-state index in [0.29, 0.717) is 5.75 Å². The second-order valence-electron chi connectivity index (χ2n) is 5.96. The minimum atomic E-state index is -0.910. The van der Waals surface area contributed by atoms with Gasteiger partial charge in [-0.2, -0.15) is 0 Å². The number of aromatic hydroxyl groups is 1. The first-order valence-corrected chi connectivity index (χ1v) is 10.9. The van der Waals surface area contributed by atoms with Crippen molar-refractivity contribution < 1.29 is 24.9 Å². The van der Waals surface area contributed by atoms with E-state index in [-0.39, 0.29) is 6.47 Å². The number of aliphatic carboxylic acids is 1. The van der Waals surface area contributed by atoms with Gasteiger partial charge in [0, 0.05) is 6.08 Å². The number of allylic oxidation sites excluding steroid dienone is 5. The van der Waals surface area contributed by atoms with Crippen LogP contribution in [0.3, 0.4) is 0 Å². The van der Waals surface area contributed by atoms with Gasteiger partial charge in [0.25, 0.3) is 6.47 Å². The minimum absolute atomic E-state index is 0.250. The average Bonchev–Trinajstić information content (AvgIpc) is 2.76. The van der Waals surface area contributed by atoms with Crippen molar-refractivity contribution in [3.8, 4) is 5.75 Å². The van der Waals surface area contributed by atoms with Gasteiger partial charge in [-0.15, -0.1) is 0 Å². The van der Waals surface area contributed by atoms with Gasteiger partial charge < -0.3 is 15.3 Å². The van der Waals surface area contributed by atoms with Crippen LogP contribution in [0.1, 0.15) is 79.2 Å². The minimum Gasteiger partial charge on any atom is -0.508 e. The maximum atomic E-state index is 10.2. The van der Waals surface area contributed by atoms with Crippen LogP contribution in [0.25, 0.3) is 0 Å². The molecule has 0 amide bonds. The molecule has 31 heavy (non-hydrogen) atoms. The molecular formula is C26H44O5. The van der Waals surface area contributed by atoms with E-state index in [9.17, 15) is 4.79 Å². The summed E-state index contributed by atoms with van der Waals surface area (Å²) >= 11 is 0. The van der Waals surface area contributed by atoms with Gasteiger partial charge >= 0.3 is 5.97 Å². The summed E-state index contributed by atoms with van der Waals surface area (Å²) in [6.45, 7) is 14.2. The van der Waals surface area contributed by atoms with Crippen LogP contribution in [0.5, 0.6) is 5.75 Å². The first-order chi connectivity index (χ1) is 14.8. The molecule has 0 atom stereocenters. The largest absolute Gasteiger partial charge is 0.508 e. The lowest BCUT2D eigenvalue weighted by molar-refractivity contribution is -0.131. The van der Waals surface area contributed by atoms with E-state index in [4.69, 9.17) is 20.1 Å². The van der Waals surface area contributed by atoms with Crippen LogP contribution in [-0.4, -0.2) is 27.8 Å². The Balaban J connectivity index is -0.000000172. The second kappa shape index (κ2) is 31.9. The van der Waals surface area contributed by atoms with Crippen molar-refractivity contribution in [2.45, 2.75) is 80.6 Å². The van der Waals surface area contributed by atoms with Crippen molar-refractivity contribution in [3.63, 3.8) is 0 Å². The van der Waals surface area contributed by atoms with Gasteiger partial charge in [0.1, 0.15) is 5.75 Å². The highest BCUT2D eigenvalue weighted by Gasteiger charge is 1.88. The van der Waals surface area contributed by atoms with Crippen LogP contribution >= 0.6 is 0 Å². The van der Waals surface area contributed by atoms with E-state index in [1.807, 2.05) is 58.1 Å². The van der Waals surface area contributed by atoms with Crippen LogP contribution in [0.4, 0.5) is 0 Å². The Morgan fingerprint density at radius 3 is 1.71 bits per heavy atom. The fourth-order valence-electron chi connectivity index (χ4n) is 1.76. The number of carbonyl (C=O) groups is 2. The Morgan fingerprint density at radius 2 is 1.42 bits per heavy atom. The number of phenolic OH excluding ortho intramolecular Hbond substituents is 1. The highest BCUT2D eigenvalue weighted by atomic mass is 16.4. The number of rotatable bonds is 7. The molecule has 5 nitrogen and oxygen atoms in total. The van der Waals surface area contributed by atoms with E-state index < -0.39 is 5.97 Å². The molecule has 0 heterocycles. The third-order valence-electron chi connectivity index (χ3n) is 3.19. The molecule has 0 saturated carbocycles. The summed E-state index contributed by atoms with van der Waals surface area (Å²) in [5, 5.41) is 24.1. The summed E-state index contributed by atoms with van der Waals surface area (Å²) in [6.07, 6.45) is 14.7. The molecule has 0 saturated heterocycles. The summed E-state index contributed by atoms with van der Waals surface area (Å²) in [4.78, 5) is 18.6. The third kappa shape index (κ3) is 38.4. The zero-order valence-electron chi connectivity index (χ0n) is 20.5. The van der Waals surface area contributed by atoms with Gasteiger partial charge in [0.2, 0.25) is 0 Å². The maximum absolute atomic E-state index is 10.2. The average molecular weight is 437 g/mol. The molecule has 0 aromatic heterocycles. The van der Waals surface area contributed by atoms with Crippen molar-refractivity contribution >= 4 is 12.4 Å². The highest BCUT2D eigenvalue weighted by Crippen LogP contribution is 2.07. The lowest BCUT2D eigenvalue weighted by Gasteiger charge is -1.92. The fourth-order valence-corrected chi connectivity index (χ4v) is 1.76. The van der Waals surface area contributed by atoms with E-state index in [0.717, 1.165) is 24.5 Å². The zero-order valence-corrected chi connectivity index (χ0v) is 20.5. The molecule has 0 fully saturated rings. The summed E-state index contributed by atoms with van der Waals surface area (Å²) < 4.78 is 0. The smallest absolute Gasteiger partial charge is 0.328 e. The van der Waals surface area contributed by atoms with Gasteiger partial charge in [0.05, 0.1) is 0 Å². The number of unbranched alkanes of at least 4 members (excludes halogenated alkanes) is 3. The Labute approximate surface area is 189 Å². The Morgan fingerprint density at radius 1 is 0.935 bits per heavy atom. The molecule has 1 aromatic rings. The first-order valence-electron chi connectivity index (χ1n) is 10.9. The van der Waals surface area contributed by atoms with E-state index in [2.05, 4.69) is 20.8 Å². The molecule has 0 unspecified atom stereocenters. The molecule has 0 spiro atoms. The van der Waals surface area contributed by atoms with Crippen LogP contribution in [0, 0.1) is 6.92 Å². The third-order valence-corrected chi connectivity index (χ3v) is 3.19. The molecule has 3 N–H and O–H groups in total. The summed E-state index contributed by atoms with van der Waals surface area (Å²) in [5.41, 5.74) is 2.12. The molecule has 0 radical (unpaired) electrons. The standard InChI is InChI=1S/C11H16O2.C7H8O.C5H12.C2H6.CH2O2/c1-3-5-7-10(6-4-2)8-9-11(12)13;1-6-2-4-7(8)5-3-6;1-3-5-4-2;1-2;2-1-3/h4,6-9H,3,5H2,1-2H3,(H,12,13);2-5,8H,1H3;3-5H2,1-2H3;1-2H3;1H,(H,2,3)/b6-4-,9-8+,10-7+;;;;. The van der Waals surface area contributed by atoms with Gasteiger partial charge in [-0.25, -0.2) is 4.79 Å². The predicted molar refractivity (Wildman–Crippen MR) is 133 cm³/mol. The molecule has 0 aliphatic carbocycles. The summed E-state index contributed by atoms with van der Waals surface area (Å²) in [6, 6.07) is 7.09. The Hall–Kier alpha value is -2.82. The summed E-state index contributed by atoms with van der Waals surface area (Å²) in [7, 11) is 0. The maximum Gasteiger partial charge on any atom is 0.328 e. The van der Waals surface area contributed by atoms with Crippen LogP contribution in [0.2, 0.25) is 0 Å². The topological polar surface area (TPSA) is 94.8 Å². The van der Waals surface area contributed by atoms with Crippen molar-refractivity contribution in [1.29, 1.82) is 0 Å². The molecule has 1 aromatic carbocycles. The van der Waals surface area contributed by atoms with Crippen molar-refractivity contribution in [1.82, 2.24) is 0 Å². The molecule has 1 rings (SSSR count). The number of carboxylic acid groups (broad SMARTS) is 2. The van der Waals surface area contributed by atoms with E-state index in [1.165, 1.54) is 24.8 Å². The Bertz CT molecular complexity index is 561. The lowest BCUT2D eigenvalue weighted by atomic mass is 10.1.